The summed E-state index contributed by atoms with van der Waals surface area (Å²) in [6, 6.07) is 15.9. The molecule has 192 valence electrons. The van der Waals surface area contributed by atoms with Gasteiger partial charge in [-0.25, -0.2) is 9.59 Å². The van der Waals surface area contributed by atoms with Crippen LogP contribution in [0.1, 0.15) is 57.1 Å². The number of hydrogen-bond acceptors (Lipinski definition) is 5. The van der Waals surface area contributed by atoms with Crippen LogP contribution in [0, 0.1) is 5.92 Å². The van der Waals surface area contributed by atoms with Gasteiger partial charge in [0, 0.05) is 25.4 Å². The van der Waals surface area contributed by atoms with Gasteiger partial charge in [-0.2, -0.15) is 0 Å². The number of rotatable bonds is 6. The Morgan fingerprint density at radius 2 is 1.64 bits per heavy atom. The van der Waals surface area contributed by atoms with Crippen LogP contribution >= 0.6 is 0 Å². The summed E-state index contributed by atoms with van der Waals surface area (Å²) in [6.45, 7) is 6.07. The number of nitrogens with zero attached hydrogens (tertiary/aromatic N) is 1. The number of amides is 2. The second-order valence-electron chi connectivity index (χ2n) is 10.5. The first-order valence-electron chi connectivity index (χ1n) is 12.4. The van der Waals surface area contributed by atoms with Crippen LogP contribution < -0.4 is 5.32 Å². The van der Waals surface area contributed by atoms with Crippen molar-refractivity contribution < 1.29 is 29.0 Å². The second kappa shape index (κ2) is 10.6. The Balaban J connectivity index is 1.44. The molecule has 0 bridgehead atoms. The van der Waals surface area contributed by atoms with Crippen LogP contribution in [0.15, 0.2) is 48.5 Å². The van der Waals surface area contributed by atoms with Gasteiger partial charge >= 0.3 is 18.2 Å². The molecule has 2 aromatic rings. The lowest BCUT2D eigenvalue weighted by molar-refractivity contribution is -0.138. The van der Waals surface area contributed by atoms with Crippen LogP contribution in [-0.2, 0) is 14.3 Å². The maximum absolute atomic E-state index is 13.2. The number of ether oxygens (including phenoxy) is 2. The predicted molar refractivity (Wildman–Crippen MR) is 135 cm³/mol. The number of carbonyl (C=O) groups is 3. The van der Waals surface area contributed by atoms with Gasteiger partial charge in [-0.1, -0.05) is 48.5 Å². The minimum absolute atomic E-state index is 0.0292. The monoisotopic (exact) mass is 494 g/mol. The number of hydrogen-bond donors (Lipinski definition) is 2. The number of carbonyl (C=O) groups excluding carboxylic acids is 2. The normalized spacial score (nSPS) is 19.2. The first kappa shape index (κ1) is 25.5. The molecule has 8 nitrogen and oxygen atoms in total. The molecule has 2 unspecified atom stereocenters. The Kier molecular flexibility index (Phi) is 7.52. The van der Waals surface area contributed by atoms with Gasteiger partial charge in [0.1, 0.15) is 12.2 Å². The molecular weight excluding hydrogens is 460 g/mol. The summed E-state index contributed by atoms with van der Waals surface area (Å²) in [7, 11) is 0. The fourth-order valence-electron chi connectivity index (χ4n) is 5.19. The number of nitrogens with one attached hydrogen (secondary N) is 1. The summed E-state index contributed by atoms with van der Waals surface area (Å²) >= 11 is 0. The van der Waals surface area contributed by atoms with Gasteiger partial charge in [-0.3, -0.25) is 4.79 Å². The van der Waals surface area contributed by atoms with Crippen molar-refractivity contribution in [1.82, 2.24) is 10.2 Å². The largest absolute Gasteiger partial charge is 0.481 e. The minimum Gasteiger partial charge on any atom is -0.481 e. The smallest absolute Gasteiger partial charge is 0.410 e. The Morgan fingerprint density at radius 3 is 2.22 bits per heavy atom. The molecule has 1 heterocycles. The topological polar surface area (TPSA) is 105 Å². The summed E-state index contributed by atoms with van der Waals surface area (Å²) in [5.74, 6) is -0.997. The van der Waals surface area contributed by atoms with Crippen molar-refractivity contribution in [2.24, 2.45) is 5.92 Å². The lowest BCUT2D eigenvalue weighted by atomic mass is 9.88. The summed E-state index contributed by atoms with van der Waals surface area (Å²) in [6.07, 6.45) is 0.0321. The van der Waals surface area contributed by atoms with Crippen molar-refractivity contribution in [2.75, 3.05) is 19.7 Å². The third kappa shape index (κ3) is 5.98. The maximum Gasteiger partial charge on any atom is 0.410 e. The van der Waals surface area contributed by atoms with Gasteiger partial charge in [0.05, 0.1) is 6.04 Å². The van der Waals surface area contributed by atoms with Gasteiger partial charge in [0.15, 0.2) is 0 Å². The van der Waals surface area contributed by atoms with Crippen LogP contribution in [-0.4, -0.2) is 59.5 Å². The fraction of sp³-hybridized carbons (Fsp3) is 0.464. The van der Waals surface area contributed by atoms with Crippen LogP contribution in [0.5, 0.6) is 0 Å². The summed E-state index contributed by atoms with van der Waals surface area (Å²) in [4.78, 5) is 38.3. The zero-order chi connectivity index (χ0) is 25.9. The highest BCUT2D eigenvalue weighted by Gasteiger charge is 2.35. The van der Waals surface area contributed by atoms with E-state index in [4.69, 9.17) is 9.47 Å². The highest BCUT2D eigenvalue weighted by atomic mass is 16.6. The van der Waals surface area contributed by atoms with Gasteiger partial charge in [-0.15, -0.1) is 0 Å². The standard InChI is InChI=1S/C28H34N2O6/c1-28(2,3)36-26(33)29-16-19-14-18(15-25(31)32)12-13-30(19)27(34)35-17-24-22-10-6-4-8-20(22)21-9-5-7-11-23(21)24/h4-11,18-19,24H,12-17H2,1-3H3,(H,29,33)(H,31,32). The lowest BCUT2D eigenvalue weighted by Gasteiger charge is -2.38. The molecule has 2 N–H and O–H groups in total. The molecule has 0 aromatic heterocycles. The summed E-state index contributed by atoms with van der Waals surface area (Å²) in [5.41, 5.74) is 3.94. The van der Waals surface area contributed by atoms with E-state index in [1.807, 2.05) is 24.3 Å². The van der Waals surface area contributed by atoms with Crippen molar-refractivity contribution in [2.45, 2.75) is 57.6 Å². The van der Waals surface area contributed by atoms with Gasteiger partial charge in [-0.05, 0) is 61.8 Å². The first-order chi connectivity index (χ1) is 17.1. The van der Waals surface area contributed by atoms with Gasteiger partial charge in [0.25, 0.3) is 0 Å². The van der Waals surface area contributed by atoms with E-state index in [0.29, 0.717) is 19.4 Å². The van der Waals surface area contributed by atoms with E-state index < -0.39 is 23.8 Å². The Hall–Kier alpha value is -3.55. The number of carboxylic acids is 1. The van der Waals surface area contributed by atoms with Gasteiger partial charge in [0.2, 0.25) is 0 Å². The van der Waals surface area contributed by atoms with E-state index in [1.54, 1.807) is 25.7 Å². The van der Waals surface area contributed by atoms with E-state index in [1.165, 1.54) is 0 Å². The van der Waals surface area contributed by atoms with Crippen molar-refractivity contribution >= 4 is 18.2 Å². The van der Waals surface area contributed by atoms with Gasteiger partial charge < -0.3 is 24.8 Å². The van der Waals surface area contributed by atoms with Crippen molar-refractivity contribution in [3.05, 3.63) is 59.7 Å². The Bertz CT molecular complexity index is 1080. The number of aliphatic carboxylic acids is 1. The molecule has 1 aliphatic carbocycles. The molecule has 2 aliphatic rings. The Morgan fingerprint density at radius 1 is 1.03 bits per heavy atom. The number of likely N-dealkylation sites (tertiary alicyclic amines) is 1. The van der Waals surface area contributed by atoms with E-state index in [-0.39, 0.29) is 37.5 Å². The number of alkyl carbamates (subject to hydrolysis) is 1. The van der Waals surface area contributed by atoms with E-state index in [9.17, 15) is 19.5 Å². The molecule has 8 heteroatoms. The van der Waals surface area contributed by atoms with Crippen LogP contribution in [0.4, 0.5) is 9.59 Å². The molecule has 0 saturated carbocycles. The number of carboxylic acid groups (broad SMARTS) is 1. The zero-order valence-electron chi connectivity index (χ0n) is 21.0. The highest BCUT2D eigenvalue weighted by molar-refractivity contribution is 5.79. The average Bonchev–Trinajstić information content (AvgIpc) is 3.13. The van der Waals surface area contributed by atoms with Crippen molar-refractivity contribution in [1.29, 1.82) is 0 Å². The quantitative estimate of drug-likeness (QED) is 0.585. The molecule has 1 fully saturated rings. The summed E-state index contributed by atoms with van der Waals surface area (Å²) < 4.78 is 11.2. The second-order valence-corrected chi connectivity index (χ2v) is 10.5. The van der Waals surface area contributed by atoms with Crippen molar-refractivity contribution in [3.8, 4) is 11.1 Å². The number of piperidine rings is 1. The van der Waals surface area contributed by atoms with Crippen LogP contribution in [0.2, 0.25) is 0 Å². The SMILES string of the molecule is CC(C)(C)OC(=O)NCC1CC(CC(=O)O)CCN1C(=O)OCC1c2ccccc2-c2ccccc21. The molecule has 1 aliphatic heterocycles. The molecule has 36 heavy (non-hydrogen) atoms. The van der Waals surface area contributed by atoms with E-state index in [2.05, 4.69) is 29.6 Å². The highest BCUT2D eigenvalue weighted by Crippen LogP contribution is 2.44. The summed E-state index contributed by atoms with van der Waals surface area (Å²) in [5, 5.41) is 12.0. The molecule has 0 radical (unpaired) electrons. The Labute approximate surface area is 211 Å². The molecule has 2 amide bonds. The predicted octanol–water partition coefficient (Wildman–Crippen LogP) is 5.02. The molecular formula is C28H34N2O6. The third-order valence-electron chi connectivity index (χ3n) is 6.74. The lowest BCUT2D eigenvalue weighted by Crippen LogP contribution is -2.52. The van der Waals surface area contributed by atoms with E-state index in [0.717, 1.165) is 22.3 Å². The molecule has 2 atom stereocenters. The van der Waals surface area contributed by atoms with Crippen LogP contribution in [0.3, 0.4) is 0 Å². The number of benzene rings is 2. The maximum atomic E-state index is 13.2. The average molecular weight is 495 g/mol. The minimum atomic E-state index is -0.867. The van der Waals surface area contributed by atoms with E-state index >= 15 is 0 Å². The molecule has 2 aromatic carbocycles. The first-order valence-corrected chi connectivity index (χ1v) is 12.4. The molecule has 1 saturated heterocycles. The molecule has 4 rings (SSSR count). The number of fused-ring (bicyclic) bond motifs is 3. The fourth-order valence-corrected chi connectivity index (χ4v) is 5.19. The zero-order valence-corrected chi connectivity index (χ0v) is 21.0. The van der Waals surface area contributed by atoms with Crippen LogP contribution in [0.25, 0.3) is 11.1 Å². The van der Waals surface area contributed by atoms with Crippen molar-refractivity contribution in [3.63, 3.8) is 0 Å². The molecule has 0 spiro atoms. The third-order valence-corrected chi connectivity index (χ3v) is 6.74.